The van der Waals surface area contributed by atoms with E-state index in [1.165, 1.54) is 6.92 Å². The van der Waals surface area contributed by atoms with Crippen LogP contribution in [0.3, 0.4) is 0 Å². The van der Waals surface area contributed by atoms with E-state index in [2.05, 4.69) is 10.6 Å². The van der Waals surface area contributed by atoms with Gasteiger partial charge in [0.15, 0.2) is 0 Å². The third kappa shape index (κ3) is 5.38. The third-order valence-corrected chi connectivity index (χ3v) is 1.53. The number of hydrogen-bond donors (Lipinski definition) is 2. The van der Waals surface area contributed by atoms with Crippen LogP contribution in [0.5, 0.6) is 0 Å². The number of urea groups is 1. The molecule has 0 aliphatic carbocycles. The molecule has 0 heterocycles. The molecule has 0 aromatic heterocycles. The number of amides is 2. The zero-order valence-corrected chi connectivity index (χ0v) is 8.32. The van der Waals surface area contributed by atoms with Gasteiger partial charge in [0.25, 0.3) is 5.92 Å². The highest BCUT2D eigenvalue weighted by atomic mass is 19.3. The fraction of sp³-hybridized carbons (Fsp3) is 0.875. The molecular weight excluding hydrogens is 178 g/mol. The normalized spacial score (nSPS) is 14.1. The van der Waals surface area contributed by atoms with E-state index < -0.39 is 18.0 Å². The molecule has 0 rings (SSSR count). The van der Waals surface area contributed by atoms with Crippen LogP contribution in [0.4, 0.5) is 13.6 Å². The van der Waals surface area contributed by atoms with Crippen LogP contribution < -0.4 is 10.6 Å². The van der Waals surface area contributed by atoms with Crippen molar-refractivity contribution in [1.82, 2.24) is 10.6 Å². The summed E-state index contributed by atoms with van der Waals surface area (Å²) < 4.78 is 25.1. The van der Waals surface area contributed by atoms with Crippen LogP contribution in [0, 0.1) is 0 Å². The Labute approximate surface area is 76.9 Å². The van der Waals surface area contributed by atoms with Crippen molar-refractivity contribution in [1.29, 1.82) is 0 Å². The molecule has 0 saturated carbocycles. The van der Waals surface area contributed by atoms with E-state index in [-0.39, 0.29) is 6.04 Å². The van der Waals surface area contributed by atoms with Gasteiger partial charge < -0.3 is 10.6 Å². The average molecular weight is 194 g/mol. The molecule has 13 heavy (non-hydrogen) atoms. The van der Waals surface area contributed by atoms with E-state index >= 15 is 0 Å². The van der Waals surface area contributed by atoms with Gasteiger partial charge in [0.2, 0.25) is 0 Å². The molecule has 0 saturated heterocycles. The summed E-state index contributed by atoms with van der Waals surface area (Å²) >= 11 is 0. The minimum Gasteiger partial charge on any atom is -0.336 e. The van der Waals surface area contributed by atoms with E-state index in [9.17, 15) is 13.6 Å². The SMILES string of the molecule is CC(C)NC(=O)NC(C)C(C)(F)F. The van der Waals surface area contributed by atoms with E-state index in [0.717, 1.165) is 6.92 Å². The lowest BCUT2D eigenvalue weighted by Crippen LogP contribution is -2.49. The van der Waals surface area contributed by atoms with Crippen molar-refractivity contribution in [2.75, 3.05) is 0 Å². The molecule has 0 aromatic carbocycles. The van der Waals surface area contributed by atoms with Gasteiger partial charge in [-0.1, -0.05) is 0 Å². The highest BCUT2D eigenvalue weighted by Gasteiger charge is 2.31. The van der Waals surface area contributed by atoms with Crippen molar-refractivity contribution in [3.8, 4) is 0 Å². The largest absolute Gasteiger partial charge is 0.336 e. The van der Waals surface area contributed by atoms with Gasteiger partial charge in [-0.25, -0.2) is 13.6 Å². The number of carbonyl (C=O) groups excluding carboxylic acids is 1. The maximum Gasteiger partial charge on any atom is 0.315 e. The predicted octanol–water partition coefficient (Wildman–Crippen LogP) is 1.74. The Balaban J connectivity index is 3.93. The monoisotopic (exact) mass is 194 g/mol. The van der Waals surface area contributed by atoms with Gasteiger partial charge in [-0.2, -0.15) is 0 Å². The number of hydrogen-bond acceptors (Lipinski definition) is 1. The van der Waals surface area contributed by atoms with Gasteiger partial charge in [0.05, 0.1) is 6.04 Å². The lowest BCUT2D eigenvalue weighted by atomic mass is 10.2. The molecule has 0 fully saturated rings. The second-order valence-electron chi connectivity index (χ2n) is 3.45. The number of halogens is 2. The van der Waals surface area contributed by atoms with Gasteiger partial charge in [-0.05, 0) is 20.8 Å². The predicted molar refractivity (Wildman–Crippen MR) is 46.9 cm³/mol. The maximum atomic E-state index is 12.6. The van der Waals surface area contributed by atoms with Crippen molar-refractivity contribution in [3.63, 3.8) is 0 Å². The lowest BCUT2D eigenvalue weighted by molar-refractivity contribution is -0.00845. The van der Waals surface area contributed by atoms with Gasteiger partial charge in [-0.3, -0.25) is 0 Å². The van der Waals surface area contributed by atoms with Crippen molar-refractivity contribution in [2.24, 2.45) is 0 Å². The molecule has 2 amide bonds. The van der Waals surface area contributed by atoms with Crippen LogP contribution in [-0.4, -0.2) is 24.0 Å². The van der Waals surface area contributed by atoms with E-state index in [0.29, 0.717) is 0 Å². The summed E-state index contributed by atoms with van der Waals surface area (Å²) in [6.07, 6.45) is 0. The summed E-state index contributed by atoms with van der Waals surface area (Å²) in [5.74, 6) is -2.89. The summed E-state index contributed by atoms with van der Waals surface area (Å²) in [5, 5.41) is 4.61. The fourth-order valence-corrected chi connectivity index (χ4v) is 0.627. The van der Waals surface area contributed by atoms with E-state index in [1.54, 1.807) is 13.8 Å². The second kappa shape index (κ2) is 4.39. The fourth-order valence-electron chi connectivity index (χ4n) is 0.627. The van der Waals surface area contributed by atoms with Gasteiger partial charge in [0.1, 0.15) is 0 Å². The van der Waals surface area contributed by atoms with Gasteiger partial charge >= 0.3 is 6.03 Å². The molecule has 1 atom stereocenters. The molecule has 0 bridgehead atoms. The smallest absolute Gasteiger partial charge is 0.315 e. The number of alkyl halides is 2. The molecule has 1 unspecified atom stereocenters. The Morgan fingerprint density at radius 2 is 1.69 bits per heavy atom. The minimum atomic E-state index is -2.89. The summed E-state index contributed by atoms with van der Waals surface area (Å²) in [4.78, 5) is 11.0. The first-order valence-electron chi connectivity index (χ1n) is 4.18. The molecule has 0 spiro atoms. The molecule has 78 valence electrons. The summed E-state index contributed by atoms with van der Waals surface area (Å²) in [7, 11) is 0. The van der Waals surface area contributed by atoms with Gasteiger partial charge in [-0.15, -0.1) is 0 Å². The Morgan fingerprint density at radius 1 is 1.23 bits per heavy atom. The summed E-state index contributed by atoms with van der Waals surface area (Å²) in [6, 6.07) is -1.78. The maximum absolute atomic E-state index is 12.6. The van der Waals surface area contributed by atoms with Crippen molar-refractivity contribution in [2.45, 2.75) is 45.7 Å². The zero-order chi connectivity index (χ0) is 10.6. The van der Waals surface area contributed by atoms with Crippen molar-refractivity contribution in [3.05, 3.63) is 0 Å². The Bertz CT molecular complexity index is 177. The Hall–Kier alpha value is -0.870. The lowest BCUT2D eigenvalue weighted by Gasteiger charge is -2.21. The summed E-state index contributed by atoms with van der Waals surface area (Å²) in [5.41, 5.74) is 0. The van der Waals surface area contributed by atoms with Gasteiger partial charge in [0, 0.05) is 13.0 Å². The van der Waals surface area contributed by atoms with E-state index in [4.69, 9.17) is 0 Å². The van der Waals surface area contributed by atoms with Crippen LogP contribution in [0.2, 0.25) is 0 Å². The first-order valence-corrected chi connectivity index (χ1v) is 4.18. The first kappa shape index (κ1) is 12.1. The number of rotatable bonds is 3. The quantitative estimate of drug-likeness (QED) is 0.706. The molecule has 3 nitrogen and oxygen atoms in total. The first-order chi connectivity index (χ1) is 5.73. The zero-order valence-electron chi connectivity index (χ0n) is 8.32. The Kier molecular flexibility index (Phi) is 4.10. The molecular formula is C8H16F2N2O. The molecule has 0 radical (unpaired) electrons. The van der Waals surface area contributed by atoms with Crippen molar-refractivity contribution >= 4 is 6.03 Å². The van der Waals surface area contributed by atoms with Crippen LogP contribution >= 0.6 is 0 Å². The average Bonchev–Trinajstić information content (AvgIpc) is 1.82. The highest BCUT2D eigenvalue weighted by molar-refractivity contribution is 5.74. The molecule has 0 aromatic rings. The third-order valence-electron chi connectivity index (χ3n) is 1.53. The van der Waals surface area contributed by atoms with Crippen LogP contribution in [0.15, 0.2) is 0 Å². The molecule has 0 aliphatic heterocycles. The van der Waals surface area contributed by atoms with Crippen LogP contribution in [0.25, 0.3) is 0 Å². The standard InChI is InChI=1S/C8H16F2N2O/c1-5(2)11-7(13)12-6(3)8(4,9)10/h5-6H,1-4H3,(H2,11,12,13). The Morgan fingerprint density at radius 3 is 2.00 bits per heavy atom. The molecule has 0 aliphatic rings. The second-order valence-corrected chi connectivity index (χ2v) is 3.45. The minimum absolute atomic E-state index is 0.0577. The van der Waals surface area contributed by atoms with Crippen molar-refractivity contribution < 1.29 is 13.6 Å². The molecule has 5 heteroatoms. The summed E-state index contributed by atoms with van der Waals surface area (Å²) in [6.45, 7) is 5.55. The highest BCUT2D eigenvalue weighted by Crippen LogP contribution is 2.16. The molecule has 2 N–H and O–H groups in total. The topological polar surface area (TPSA) is 41.1 Å². The number of nitrogens with one attached hydrogen (secondary N) is 2. The number of carbonyl (C=O) groups is 1. The van der Waals surface area contributed by atoms with Crippen LogP contribution in [0.1, 0.15) is 27.7 Å². The van der Waals surface area contributed by atoms with Crippen LogP contribution in [-0.2, 0) is 0 Å². The van der Waals surface area contributed by atoms with E-state index in [1.807, 2.05) is 0 Å².